The van der Waals surface area contributed by atoms with E-state index in [4.69, 9.17) is 4.74 Å². The standard InChI is InChI=1S/C20H28O3/c1-7-14-17(21)9-16-13(6)18(23-19(22)8-11(2)3)10-15(12(4)5)20(14)16/h7-8,12,15-16,18,20H,6,9-10H2,1-5H3/b14-7+/t15-,16-,18+,20-/m0/s1. The van der Waals surface area contributed by atoms with E-state index in [1.54, 1.807) is 0 Å². The molecule has 0 unspecified atom stereocenters. The third-order valence-corrected chi connectivity index (χ3v) is 5.19. The van der Waals surface area contributed by atoms with E-state index in [0.717, 1.165) is 23.1 Å². The molecule has 0 aromatic carbocycles. The maximum absolute atomic E-state index is 12.3. The van der Waals surface area contributed by atoms with Gasteiger partial charge in [0.05, 0.1) is 0 Å². The summed E-state index contributed by atoms with van der Waals surface area (Å²) in [4.78, 5) is 24.3. The van der Waals surface area contributed by atoms with Gasteiger partial charge in [0.2, 0.25) is 0 Å². The Balaban J connectivity index is 2.28. The van der Waals surface area contributed by atoms with Crippen LogP contribution in [0.2, 0.25) is 0 Å². The van der Waals surface area contributed by atoms with E-state index in [1.807, 2.05) is 26.8 Å². The first-order valence-electron chi connectivity index (χ1n) is 8.49. The van der Waals surface area contributed by atoms with E-state index in [-0.39, 0.29) is 29.7 Å². The fraction of sp³-hybridized carbons (Fsp3) is 0.600. The van der Waals surface area contributed by atoms with Crippen molar-refractivity contribution in [3.8, 4) is 0 Å². The van der Waals surface area contributed by atoms with E-state index in [1.165, 1.54) is 6.08 Å². The van der Waals surface area contributed by atoms with E-state index in [0.29, 0.717) is 18.3 Å². The normalized spacial score (nSPS) is 32.2. The number of allylic oxidation sites excluding steroid dienone is 3. The van der Waals surface area contributed by atoms with Crippen LogP contribution in [0.3, 0.4) is 0 Å². The van der Waals surface area contributed by atoms with Gasteiger partial charge in [0.25, 0.3) is 0 Å². The molecule has 4 atom stereocenters. The predicted octanol–water partition coefficient (Wildman–Crippen LogP) is 4.25. The monoisotopic (exact) mass is 316 g/mol. The lowest BCUT2D eigenvalue weighted by molar-refractivity contribution is -0.143. The molecule has 0 saturated heterocycles. The molecule has 2 rings (SSSR count). The summed E-state index contributed by atoms with van der Waals surface area (Å²) in [5, 5.41) is 0. The lowest BCUT2D eigenvalue weighted by Gasteiger charge is -2.41. The summed E-state index contributed by atoms with van der Waals surface area (Å²) in [5.74, 6) is 1.03. The van der Waals surface area contributed by atoms with Crippen LogP contribution in [-0.4, -0.2) is 17.9 Å². The summed E-state index contributed by atoms with van der Waals surface area (Å²) in [5.41, 5.74) is 2.78. The van der Waals surface area contributed by atoms with Gasteiger partial charge in [-0.05, 0) is 62.0 Å². The molecule has 0 aliphatic heterocycles. The Kier molecular flexibility index (Phi) is 5.28. The molecular weight excluding hydrogens is 288 g/mol. The van der Waals surface area contributed by atoms with Gasteiger partial charge >= 0.3 is 5.97 Å². The summed E-state index contributed by atoms with van der Waals surface area (Å²) in [7, 11) is 0. The van der Waals surface area contributed by atoms with Gasteiger partial charge in [-0.2, -0.15) is 0 Å². The minimum Gasteiger partial charge on any atom is -0.455 e. The highest BCUT2D eigenvalue weighted by molar-refractivity contribution is 5.99. The molecule has 2 fully saturated rings. The SMILES string of the molecule is C=C1[C@H](OC(=O)C=C(C)C)C[C@@H](C(C)C)[C@@H]2/C(=C/C)C(=O)C[C@@H]12. The van der Waals surface area contributed by atoms with Crippen molar-refractivity contribution in [2.24, 2.45) is 23.7 Å². The minimum atomic E-state index is -0.312. The second kappa shape index (κ2) is 6.86. The molecule has 0 bridgehead atoms. The van der Waals surface area contributed by atoms with Gasteiger partial charge < -0.3 is 4.74 Å². The zero-order valence-electron chi connectivity index (χ0n) is 14.9. The molecule has 3 nitrogen and oxygen atoms in total. The molecule has 23 heavy (non-hydrogen) atoms. The number of fused-ring (bicyclic) bond motifs is 1. The highest BCUT2D eigenvalue weighted by Gasteiger charge is 2.49. The molecule has 0 spiro atoms. The Hall–Kier alpha value is -1.64. The molecule has 2 saturated carbocycles. The van der Waals surface area contributed by atoms with Crippen LogP contribution in [0, 0.1) is 23.7 Å². The van der Waals surface area contributed by atoms with Crippen molar-refractivity contribution in [1.29, 1.82) is 0 Å². The molecule has 0 aromatic heterocycles. The first kappa shape index (κ1) is 17.7. The van der Waals surface area contributed by atoms with Crippen LogP contribution >= 0.6 is 0 Å². The largest absolute Gasteiger partial charge is 0.455 e. The molecule has 3 heteroatoms. The fourth-order valence-electron chi connectivity index (χ4n) is 4.10. The van der Waals surface area contributed by atoms with Crippen molar-refractivity contribution < 1.29 is 14.3 Å². The number of rotatable bonds is 3. The molecule has 0 N–H and O–H groups in total. The zero-order valence-corrected chi connectivity index (χ0v) is 14.9. The van der Waals surface area contributed by atoms with Gasteiger partial charge in [0.1, 0.15) is 6.10 Å². The number of ether oxygens (including phenoxy) is 1. The van der Waals surface area contributed by atoms with Gasteiger partial charge in [-0.15, -0.1) is 0 Å². The van der Waals surface area contributed by atoms with Gasteiger partial charge in [-0.25, -0.2) is 4.79 Å². The fourth-order valence-corrected chi connectivity index (χ4v) is 4.10. The number of hydrogen-bond donors (Lipinski definition) is 0. The van der Waals surface area contributed by atoms with Crippen LogP contribution < -0.4 is 0 Å². The number of Topliss-reactive ketones (excluding diaryl/α,β-unsaturated/α-hetero) is 1. The van der Waals surface area contributed by atoms with Crippen molar-refractivity contribution in [2.75, 3.05) is 0 Å². The van der Waals surface area contributed by atoms with Crippen LogP contribution in [0.25, 0.3) is 0 Å². The van der Waals surface area contributed by atoms with Crippen molar-refractivity contribution >= 4 is 11.8 Å². The van der Waals surface area contributed by atoms with Crippen molar-refractivity contribution in [3.05, 3.63) is 35.5 Å². The zero-order chi connectivity index (χ0) is 17.3. The molecular formula is C20H28O3. The molecule has 2 aliphatic rings. The van der Waals surface area contributed by atoms with Crippen LogP contribution in [-0.2, 0) is 14.3 Å². The molecule has 0 aromatic rings. The number of esters is 1. The molecule has 2 aliphatic carbocycles. The Bertz CT molecular complexity index is 576. The van der Waals surface area contributed by atoms with Gasteiger partial charge in [0.15, 0.2) is 5.78 Å². The number of ketones is 1. The van der Waals surface area contributed by atoms with E-state index < -0.39 is 0 Å². The van der Waals surface area contributed by atoms with Crippen LogP contribution in [0.5, 0.6) is 0 Å². The Labute approximate surface area is 139 Å². The van der Waals surface area contributed by atoms with Crippen LogP contribution in [0.4, 0.5) is 0 Å². The second-order valence-corrected chi connectivity index (χ2v) is 7.37. The predicted molar refractivity (Wildman–Crippen MR) is 91.8 cm³/mol. The van der Waals surface area contributed by atoms with Crippen LogP contribution in [0.15, 0.2) is 35.5 Å². The number of carbonyl (C=O) groups is 2. The van der Waals surface area contributed by atoms with E-state index in [2.05, 4.69) is 20.4 Å². The Morgan fingerprint density at radius 1 is 1.35 bits per heavy atom. The smallest absolute Gasteiger partial charge is 0.331 e. The van der Waals surface area contributed by atoms with Crippen molar-refractivity contribution in [1.82, 2.24) is 0 Å². The molecule has 126 valence electrons. The average Bonchev–Trinajstić information content (AvgIpc) is 2.77. The van der Waals surface area contributed by atoms with E-state index >= 15 is 0 Å². The van der Waals surface area contributed by atoms with Crippen LogP contribution in [0.1, 0.15) is 47.5 Å². The van der Waals surface area contributed by atoms with E-state index in [9.17, 15) is 9.59 Å². The highest BCUT2D eigenvalue weighted by atomic mass is 16.5. The molecule has 0 radical (unpaired) electrons. The second-order valence-electron chi connectivity index (χ2n) is 7.37. The maximum atomic E-state index is 12.3. The van der Waals surface area contributed by atoms with Gasteiger partial charge in [-0.1, -0.05) is 32.1 Å². The lowest BCUT2D eigenvalue weighted by Crippen LogP contribution is -2.39. The first-order chi connectivity index (χ1) is 10.8. The summed E-state index contributed by atoms with van der Waals surface area (Å²) in [6, 6.07) is 0. The third kappa shape index (κ3) is 3.49. The van der Waals surface area contributed by atoms with Crippen molar-refractivity contribution in [2.45, 2.75) is 53.6 Å². The van der Waals surface area contributed by atoms with Gasteiger partial charge in [-0.3, -0.25) is 4.79 Å². The lowest BCUT2D eigenvalue weighted by atomic mass is 9.65. The number of hydrogen-bond acceptors (Lipinski definition) is 3. The topological polar surface area (TPSA) is 43.4 Å². The third-order valence-electron chi connectivity index (χ3n) is 5.19. The summed E-state index contributed by atoms with van der Waals surface area (Å²) >= 11 is 0. The minimum absolute atomic E-state index is 0.111. The average molecular weight is 316 g/mol. The van der Waals surface area contributed by atoms with Crippen molar-refractivity contribution in [3.63, 3.8) is 0 Å². The summed E-state index contributed by atoms with van der Waals surface area (Å²) in [6.07, 6.45) is 4.45. The quantitative estimate of drug-likeness (QED) is 0.444. The Morgan fingerprint density at radius 2 is 2.00 bits per heavy atom. The maximum Gasteiger partial charge on any atom is 0.331 e. The first-order valence-corrected chi connectivity index (χ1v) is 8.49. The van der Waals surface area contributed by atoms with Gasteiger partial charge in [0, 0.05) is 12.5 Å². The summed E-state index contributed by atoms with van der Waals surface area (Å²) < 4.78 is 5.66. The Morgan fingerprint density at radius 3 is 2.52 bits per heavy atom. The summed E-state index contributed by atoms with van der Waals surface area (Å²) in [6.45, 7) is 14.2. The molecule has 0 heterocycles. The highest BCUT2D eigenvalue weighted by Crippen LogP contribution is 2.51. The number of carbonyl (C=O) groups excluding carboxylic acids is 2. The molecule has 0 amide bonds.